The fourth-order valence-corrected chi connectivity index (χ4v) is 4.85. The van der Waals surface area contributed by atoms with Gasteiger partial charge < -0.3 is 15.1 Å². The van der Waals surface area contributed by atoms with Gasteiger partial charge in [0.25, 0.3) is 5.91 Å². The van der Waals surface area contributed by atoms with Crippen molar-refractivity contribution < 1.29 is 13.6 Å². The summed E-state index contributed by atoms with van der Waals surface area (Å²) in [7, 11) is 0. The largest absolute Gasteiger partial charge is 0.461 e. The number of amides is 1. The van der Waals surface area contributed by atoms with Gasteiger partial charge in [-0.25, -0.2) is 4.39 Å². The van der Waals surface area contributed by atoms with Crippen LogP contribution < -0.4 is 10.6 Å². The molecule has 2 aliphatic rings. The minimum absolute atomic E-state index is 0.0806. The van der Waals surface area contributed by atoms with E-state index in [1.54, 1.807) is 6.07 Å². The molecule has 0 radical (unpaired) electrons. The Balaban J connectivity index is 1.61. The maximum absolute atomic E-state index is 13.7. The molecule has 2 N–H and O–H groups in total. The van der Waals surface area contributed by atoms with Crippen LogP contribution in [0, 0.1) is 5.82 Å². The number of rotatable bonds is 6. The molecule has 1 unspecified atom stereocenters. The van der Waals surface area contributed by atoms with E-state index in [0.717, 1.165) is 61.3 Å². The summed E-state index contributed by atoms with van der Waals surface area (Å²) in [5.74, 6) is 1.18. The number of carbonyl (C=O) groups excluding carboxylic acids is 1. The first-order valence-corrected chi connectivity index (χ1v) is 11.4. The average molecular weight is 431 g/mol. The third-order valence-electron chi connectivity index (χ3n) is 6.32. The van der Waals surface area contributed by atoms with Crippen molar-refractivity contribution >= 4 is 28.9 Å². The van der Waals surface area contributed by atoms with Crippen molar-refractivity contribution in [3.63, 3.8) is 0 Å². The fraction of sp³-hybridized carbons (Fsp3) is 0.296. The molecule has 0 saturated carbocycles. The Kier molecular flexibility index (Phi) is 5.56. The molecule has 0 fully saturated rings. The highest BCUT2D eigenvalue weighted by Gasteiger charge is 2.30. The monoisotopic (exact) mass is 430 g/mol. The Morgan fingerprint density at radius 1 is 1.16 bits per heavy atom. The van der Waals surface area contributed by atoms with E-state index in [1.165, 1.54) is 17.7 Å². The topological polar surface area (TPSA) is 54.3 Å². The summed E-state index contributed by atoms with van der Waals surface area (Å²) in [4.78, 5) is 12.7. The van der Waals surface area contributed by atoms with Gasteiger partial charge in [-0.3, -0.25) is 4.79 Å². The van der Waals surface area contributed by atoms with Gasteiger partial charge in [-0.05, 0) is 67.7 Å². The maximum atomic E-state index is 13.7. The Hall–Kier alpha value is -3.34. The van der Waals surface area contributed by atoms with Gasteiger partial charge in [0.15, 0.2) is 0 Å². The van der Waals surface area contributed by atoms with Crippen LogP contribution >= 0.6 is 0 Å². The maximum Gasteiger partial charge on any atom is 0.256 e. The van der Waals surface area contributed by atoms with Crippen molar-refractivity contribution in [1.82, 2.24) is 0 Å². The lowest BCUT2D eigenvalue weighted by Gasteiger charge is -2.22. The molecule has 1 aromatic heterocycles. The van der Waals surface area contributed by atoms with Crippen molar-refractivity contribution in [3.8, 4) is 0 Å². The number of halogens is 1. The summed E-state index contributed by atoms with van der Waals surface area (Å²) < 4.78 is 20.0. The molecule has 164 valence electrons. The minimum Gasteiger partial charge on any atom is -0.461 e. The predicted octanol–water partition coefficient (Wildman–Crippen LogP) is 6.74. The molecule has 1 amide bonds. The molecule has 0 spiro atoms. The molecule has 1 aliphatic heterocycles. The molecule has 2 aromatic carbocycles. The van der Waals surface area contributed by atoms with Gasteiger partial charge in [0.1, 0.15) is 17.3 Å². The van der Waals surface area contributed by atoms with E-state index in [2.05, 4.69) is 29.7 Å². The normalized spacial score (nSPS) is 17.1. The number of furan rings is 1. The van der Waals surface area contributed by atoms with E-state index in [1.807, 2.05) is 24.3 Å². The van der Waals surface area contributed by atoms with E-state index in [9.17, 15) is 9.18 Å². The molecule has 5 rings (SSSR count). The van der Waals surface area contributed by atoms with Crippen molar-refractivity contribution in [1.29, 1.82) is 0 Å². The molecule has 32 heavy (non-hydrogen) atoms. The number of hydrogen-bond donors (Lipinski definition) is 2. The second kappa shape index (κ2) is 8.65. The van der Waals surface area contributed by atoms with Gasteiger partial charge in [0.2, 0.25) is 0 Å². The van der Waals surface area contributed by atoms with Gasteiger partial charge in [-0.15, -0.1) is 0 Å². The van der Waals surface area contributed by atoms with Crippen LogP contribution in [0.25, 0.3) is 11.6 Å². The summed E-state index contributed by atoms with van der Waals surface area (Å²) >= 11 is 0. The lowest BCUT2D eigenvalue weighted by atomic mass is 9.89. The molecule has 3 aromatic rings. The Bertz CT molecular complexity index is 1180. The highest BCUT2D eigenvalue weighted by Crippen LogP contribution is 2.40. The summed E-state index contributed by atoms with van der Waals surface area (Å²) in [6, 6.07) is 14.7. The first-order chi connectivity index (χ1) is 15.6. The average Bonchev–Trinajstić information content (AvgIpc) is 3.31. The zero-order valence-corrected chi connectivity index (χ0v) is 18.2. The molecule has 5 heteroatoms. The number of carbonyl (C=O) groups is 1. The van der Waals surface area contributed by atoms with Crippen molar-refractivity contribution in [3.05, 3.63) is 82.6 Å². The van der Waals surface area contributed by atoms with Crippen LogP contribution in [0.15, 0.2) is 52.9 Å². The van der Waals surface area contributed by atoms with Crippen molar-refractivity contribution in [2.45, 2.75) is 51.5 Å². The number of aryl methyl sites for hydroxylation is 1. The van der Waals surface area contributed by atoms with E-state index < -0.39 is 0 Å². The Labute approximate surface area is 187 Å². The molecular weight excluding hydrogens is 403 g/mol. The summed E-state index contributed by atoms with van der Waals surface area (Å²) in [6.45, 7) is 2.18. The predicted molar refractivity (Wildman–Crippen MR) is 126 cm³/mol. The zero-order chi connectivity index (χ0) is 22.1. The van der Waals surface area contributed by atoms with Crippen LogP contribution in [0.4, 0.5) is 15.8 Å². The number of hydrogen-bond acceptors (Lipinski definition) is 3. The minimum atomic E-state index is -0.366. The first kappa shape index (κ1) is 20.6. The molecule has 1 aliphatic carbocycles. The number of benzene rings is 2. The number of nitrogens with one attached hydrogen (secondary N) is 2. The van der Waals surface area contributed by atoms with Crippen LogP contribution in [0.5, 0.6) is 0 Å². The van der Waals surface area contributed by atoms with Gasteiger partial charge >= 0.3 is 0 Å². The molecular formula is C27H27FN2O2. The van der Waals surface area contributed by atoms with Crippen LogP contribution in [0.1, 0.15) is 66.9 Å². The summed E-state index contributed by atoms with van der Waals surface area (Å²) in [6.07, 6.45) is 7.98. The van der Waals surface area contributed by atoms with E-state index in [0.29, 0.717) is 16.8 Å². The number of para-hydroxylation sites is 1. The lowest BCUT2D eigenvalue weighted by molar-refractivity contribution is -0.110. The van der Waals surface area contributed by atoms with E-state index in [4.69, 9.17) is 4.42 Å². The van der Waals surface area contributed by atoms with Crippen LogP contribution in [0.2, 0.25) is 0 Å². The summed E-state index contributed by atoms with van der Waals surface area (Å²) in [5.41, 5.74) is 5.23. The van der Waals surface area contributed by atoms with Gasteiger partial charge in [-0.2, -0.15) is 0 Å². The van der Waals surface area contributed by atoms with Gasteiger partial charge in [0, 0.05) is 23.2 Å². The first-order valence-electron chi connectivity index (χ1n) is 11.4. The Morgan fingerprint density at radius 3 is 2.78 bits per heavy atom. The quantitative estimate of drug-likeness (QED) is 0.426. The standard InChI is InChI=1S/C27H27FN2O2/c1-2-8-22(29-18-9-4-3-5-10-18)26-20-11-6-7-12-24(20)32-25(26)16-21-19-14-13-17(28)15-23(19)30-27(21)31/h3-5,9-10,13-16,22,29H,2,6-8,11-12H2,1H3,(H,30,31). The van der Waals surface area contributed by atoms with Crippen LogP contribution in [0.3, 0.4) is 0 Å². The Morgan fingerprint density at radius 2 is 1.97 bits per heavy atom. The van der Waals surface area contributed by atoms with E-state index in [-0.39, 0.29) is 17.8 Å². The van der Waals surface area contributed by atoms with Crippen LogP contribution in [-0.4, -0.2) is 5.91 Å². The lowest BCUT2D eigenvalue weighted by Crippen LogP contribution is -2.14. The van der Waals surface area contributed by atoms with E-state index >= 15 is 0 Å². The molecule has 2 heterocycles. The summed E-state index contributed by atoms with van der Waals surface area (Å²) in [5, 5.41) is 6.48. The molecule has 0 bridgehead atoms. The number of anilines is 2. The van der Waals surface area contributed by atoms with Crippen molar-refractivity contribution in [2.24, 2.45) is 0 Å². The van der Waals surface area contributed by atoms with Crippen molar-refractivity contribution in [2.75, 3.05) is 10.6 Å². The highest BCUT2D eigenvalue weighted by molar-refractivity contribution is 6.34. The second-order valence-electron chi connectivity index (χ2n) is 8.54. The van der Waals surface area contributed by atoms with Crippen LogP contribution in [-0.2, 0) is 17.6 Å². The molecule has 1 atom stereocenters. The third kappa shape index (κ3) is 3.83. The van der Waals surface area contributed by atoms with Gasteiger partial charge in [0.05, 0.1) is 17.3 Å². The highest BCUT2D eigenvalue weighted by atomic mass is 19.1. The SMILES string of the molecule is CCCC(Nc1ccccc1)c1c(C=C2C(=O)Nc3cc(F)ccc32)oc2c1CCCC2. The zero-order valence-electron chi connectivity index (χ0n) is 18.2. The second-order valence-corrected chi connectivity index (χ2v) is 8.54. The molecule has 4 nitrogen and oxygen atoms in total. The van der Waals surface area contributed by atoms with Gasteiger partial charge in [-0.1, -0.05) is 31.5 Å². The smallest absolute Gasteiger partial charge is 0.256 e. The number of fused-ring (bicyclic) bond motifs is 2. The fourth-order valence-electron chi connectivity index (χ4n) is 4.85. The third-order valence-corrected chi connectivity index (χ3v) is 6.32. The molecule has 0 saturated heterocycles.